The standard InChI is InChI=1S/C23H24FN3O2S/c24-17-6-7-20-18(13-17)16(14-26-20)9-11-25-22(28)10-12-30-21-8-5-15-3-1-2-4-19(15)27-23(21)29/h1-4,6-7,13-14,21,26H,5,8-12H2,(H,25,28)(H,27,29)/t21-/m1/s1. The van der Waals surface area contributed by atoms with E-state index < -0.39 is 0 Å². The van der Waals surface area contributed by atoms with Gasteiger partial charge in [0.25, 0.3) is 0 Å². The quantitative estimate of drug-likeness (QED) is 0.535. The van der Waals surface area contributed by atoms with Crippen LogP contribution in [0.1, 0.15) is 24.0 Å². The number of aryl methyl sites for hydroxylation is 1. The smallest absolute Gasteiger partial charge is 0.237 e. The predicted octanol–water partition coefficient (Wildman–Crippen LogP) is 4.04. The van der Waals surface area contributed by atoms with Crippen molar-refractivity contribution < 1.29 is 14.0 Å². The molecule has 1 aliphatic heterocycles. The van der Waals surface area contributed by atoms with E-state index >= 15 is 0 Å². The summed E-state index contributed by atoms with van der Waals surface area (Å²) in [5, 5.41) is 6.60. The lowest BCUT2D eigenvalue weighted by Gasteiger charge is -2.12. The molecule has 30 heavy (non-hydrogen) atoms. The molecule has 4 rings (SSSR count). The molecule has 156 valence electrons. The van der Waals surface area contributed by atoms with Crippen LogP contribution in [0.2, 0.25) is 0 Å². The molecule has 2 aromatic carbocycles. The Morgan fingerprint density at radius 3 is 3.00 bits per heavy atom. The van der Waals surface area contributed by atoms with Gasteiger partial charge in [-0.2, -0.15) is 0 Å². The zero-order valence-electron chi connectivity index (χ0n) is 16.5. The van der Waals surface area contributed by atoms with Crippen molar-refractivity contribution in [2.45, 2.75) is 30.9 Å². The number of carbonyl (C=O) groups excluding carboxylic acids is 2. The minimum atomic E-state index is -0.268. The Bertz CT molecular complexity index is 1070. The van der Waals surface area contributed by atoms with Gasteiger partial charge in [0.1, 0.15) is 5.82 Å². The number of nitrogens with one attached hydrogen (secondary N) is 3. The third kappa shape index (κ3) is 4.84. The number of fused-ring (bicyclic) bond motifs is 2. The number of halogens is 1. The summed E-state index contributed by atoms with van der Waals surface area (Å²) in [6.45, 7) is 0.492. The van der Waals surface area contributed by atoms with Gasteiger partial charge in [0.05, 0.1) is 5.25 Å². The first-order chi connectivity index (χ1) is 14.6. The number of H-pyrrole nitrogens is 1. The van der Waals surface area contributed by atoms with E-state index in [4.69, 9.17) is 0 Å². The van der Waals surface area contributed by atoms with E-state index in [0.29, 0.717) is 25.1 Å². The highest BCUT2D eigenvalue weighted by Gasteiger charge is 2.23. The van der Waals surface area contributed by atoms with Crippen molar-refractivity contribution in [3.63, 3.8) is 0 Å². The summed E-state index contributed by atoms with van der Waals surface area (Å²) in [5.41, 5.74) is 3.91. The third-order valence-corrected chi connectivity index (χ3v) is 6.63. The van der Waals surface area contributed by atoms with Gasteiger partial charge >= 0.3 is 0 Å². The number of thioether (sulfide) groups is 1. The number of hydrogen-bond acceptors (Lipinski definition) is 3. The number of para-hydroxylation sites is 1. The number of aromatic amines is 1. The molecule has 0 aliphatic carbocycles. The zero-order chi connectivity index (χ0) is 20.9. The molecular formula is C23H24FN3O2S. The molecule has 0 radical (unpaired) electrons. The van der Waals surface area contributed by atoms with Crippen LogP contribution < -0.4 is 10.6 Å². The molecule has 1 aromatic heterocycles. The monoisotopic (exact) mass is 425 g/mol. The number of benzene rings is 2. The van der Waals surface area contributed by atoms with Gasteiger partial charge in [0.2, 0.25) is 11.8 Å². The van der Waals surface area contributed by atoms with E-state index in [-0.39, 0.29) is 22.9 Å². The Balaban J connectivity index is 1.20. The lowest BCUT2D eigenvalue weighted by atomic mass is 10.1. The maximum absolute atomic E-state index is 13.5. The molecule has 0 spiro atoms. The highest BCUT2D eigenvalue weighted by Crippen LogP contribution is 2.27. The first-order valence-corrected chi connectivity index (χ1v) is 11.2. The van der Waals surface area contributed by atoms with Crippen LogP contribution in [0.15, 0.2) is 48.7 Å². The molecule has 5 nitrogen and oxygen atoms in total. The highest BCUT2D eigenvalue weighted by atomic mass is 32.2. The van der Waals surface area contributed by atoms with E-state index in [1.54, 1.807) is 6.07 Å². The van der Waals surface area contributed by atoms with Gasteiger partial charge in [-0.3, -0.25) is 9.59 Å². The maximum atomic E-state index is 13.5. The van der Waals surface area contributed by atoms with Crippen LogP contribution in [0.4, 0.5) is 10.1 Å². The molecule has 0 saturated heterocycles. The van der Waals surface area contributed by atoms with Gasteiger partial charge < -0.3 is 15.6 Å². The fourth-order valence-corrected chi connectivity index (χ4v) is 4.81. The molecule has 7 heteroatoms. The Hall–Kier alpha value is -2.80. The predicted molar refractivity (Wildman–Crippen MR) is 119 cm³/mol. The molecule has 3 N–H and O–H groups in total. The summed E-state index contributed by atoms with van der Waals surface area (Å²) in [6, 6.07) is 12.5. The first-order valence-electron chi connectivity index (χ1n) is 10.1. The van der Waals surface area contributed by atoms with Crippen molar-refractivity contribution in [1.29, 1.82) is 0 Å². The second kappa shape index (κ2) is 9.34. The zero-order valence-corrected chi connectivity index (χ0v) is 17.4. The topological polar surface area (TPSA) is 74.0 Å². The Kier molecular flexibility index (Phi) is 6.38. The summed E-state index contributed by atoms with van der Waals surface area (Å²) in [4.78, 5) is 27.7. The molecule has 0 saturated carbocycles. The molecule has 2 amide bonds. The summed E-state index contributed by atoms with van der Waals surface area (Å²) < 4.78 is 13.5. The average Bonchev–Trinajstić information content (AvgIpc) is 3.05. The van der Waals surface area contributed by atoms with Crippen molar-refractivity contribution in [3.8, 4) is 0 Å². The van der Waals surface area contributed by atoms with Crippen LogP contribution in [0, 0.1) is 5.82 Å². The summed E-state index contributed by atoms with van der Waals surface area (Å²) in [7, 11) is 0. The molecule has 3 aromatic rings. The van der Waals surface area contributed by atoms with E-state index in [1.807, 2.05) is 30.5 Å². The van der Waals surface area contributed by atoms with Crippen molar-refractivity contribution in [1.82, 2.24) is 10.3 Å². The van der Waals surface area contributed by atoms with E-state index in [0.717, 1.165) is 40.6 Å². The number of anilines is 1. The van der Waals surface area contributed by atoms with Gasteiger partial charge in [-0.15, -0.1) is 11.8 Å². The van der Waals surface area contributed by atoms with Crippen molar-refractivity contribution >= 4 is 40.2 Å². The molecule has 1 atom stereocenters. The Morgan fingerprint density at radius 1 is 1.23 bits per heavy atom. The SMILES string of the molecule is O=C(CCS[C@@H]1CCc2ccccc2NC1=O)NCCc1c[nH]c2ccc(F)cc12. The lowest BCUT2D eigenvalue weighted by molar-refractivity contribution is -0.120. The molecule has 0 fully saturated rings. The molecular weight excluding hydrogens is 401 g/mol. The van der Waals surface area contributed by atoms with Crippen LogP contribution in [-0.2, 0) is 22.4 Å². The van der Waals surface area contributed by atoms with Gasteiger partial charge in [-0.25, -0.2) is 4.39 Å². The minimum absolute atomic E-state index is 0.0110. The largest absolute Gasteiger partial charge is 0.361 e. The minimum Gasteiger partial charge on any atom is -0.361 e. The van der Waals surface area contributed by atoms with Crippen LogP contribution in [0.25, 0.3) is 10.9 Å². The normalized spacial score (nSPS) is 16.0. The van der Waals surface area contributed by atoms with Crippen LogP contribution >= 0.6 is 11.8 Å². The highest BCUT2D eigenvalue weighted by molar-refractivity contribution is 8.00. The van der Waals surface area contributed by atoms with Crippen LogP contribution in [0.5, 0.6) is 0 Å². The number of carbonyl (C=O) groups is 2. The van der Waals surface area contributed by atoms with E-state index in [2.05, 4.69) is 15.6 Å². The summed E-state index contributed by atoms with van der Waals surface area (Å²) in [6.07, 6.45) is 4.47. The van der Waals surface area contributed by atoms with Crippen molar-refractivity contribution in [3.05, 3.63) is 65.6 Å². The van der Waals surface area contributed by atoms with Crippen LogP contribution in [0.3, 0.4) is 0 Å². The third-order valence-electron chi connectivity index (χ3n) is 5.34. The second-order valence-corrected chi connectivity index (χ2v) is 8.71. The van der Waals surface area contributed by atoms with Crippen molar-refractivity contribution in [2.24, 2.45) is 0 Å². The van der Waals surface area contributed by atoms with Gasteiger partial charge in [-0.05, 0) is 54.7 Å². The molecule has 2 heterocycles. The summed E-state index contributed by atoms with van der Waals surface area (Å²) >= 11 is 1.53. The maximum Gasteiger partial charge on any atom is 0.237 e. The van der Waals surface area contributed by atoms with E-state index in [9.17, 15) is 14.0 Å². The molecule has 1 aliphatic rings. The van der Waals surface area contributed by atoms with Crippen LogP contribution in [-0.4, -0.2) is 34.3 Å². The number of hydrogen-bond donors (Lipinski definition) is 3. The lowest BCUT2D eigenvalue weighted by Crippen LogP contribution is -2.27. The molecule has 0 unspecified atom stereocenters. The summed E-state index contributed by atoms with van der Waals surface area (Å²) in [5.74, 6) is 0.302. The Labute approximate surface area is 178 Å². The number of amides is 2. The van der Waals surface area contributed by atoms with Gasteiger partial charge in [0.15, 0.2) is 0 Å². The average molecular weight is 426 g/mol. The number of aromatic nitrogens is 1. The number of rotatable bonds is 7. The van der Waals surface area contributed by atoms with Crippen molar-refractivity contribution in [2.75, 3.05) is 17.6 Å². The van der Waals surface area contributed by atoms with E-state index in [1.165, 1.54) is 23.9 Å². The fraction of sp³-hybridized carbons (Fsp3) is 0.304. The van der Waals surface area contributed by atoms with Gasteiger partial charge in [-0.1, -0.05) is 18.2 Å². The fourth-order valence-electron chi connectivity index (χ4n) is 3.73. The second-order valence-electron chi connectivity index (χ2n) is 7.40. The molecule has 0 bridgehead atoms. The Morgan fingerprint density at radius 2 is 2.10 bits per heavy atom. The van der Waals surface area contributed by atoms with Gasteiger partial charge in [0, 0.05) is 41.5 Å². The first kappa shape index (κ1) is 20.5.